The van der Waals surface area contributed by atoms with E-state index in [9.17, 15) is 9.59 Å². The second-order valence-electron chi connectivity index (χ2n) is 10.00. The fourth-order valence-corrected chi connectivity index (χ4v) is 5.24. The summed E-state index contributed by atoms with van der Waals surface area (Å²) in [5.41, 5.74) is 1.55. The van der Waals surface area contributed by atoms with Crippen LogP contribution in [0.4, 0.5) is 0 Å². The molecule has 0 unspecified atom stereocenters. The molecule has 2 aromatic carbocycles. The first-order valence-corrected chi connectivity index (χ1v) is 13.9. The van der Waals surface area contributed by atoms with Crippen molar-refractivity contribution in [3.05, 3.63) is 82.3 Å². The summed E-state index contributed by atoms with van der Waals surface area (Å²) in [5, 5.41) is 0.571. The van der Waals surface area contributed by atoms with E-state index in [1.54, 1.807) is 48.3 Å². The van der Waals surface area contributed by atoms with Crippen molar-refractivity contribution in [2.75, 3.05) is 27.3 Å². The lowest BCUT2D eigenvalue weighted by Crippen LogP contribution is -2.48. The van der Waals surface area contributed by atoms with Crippen molar-refractivity contribution in [3.8, 4) is 11.5 Å². The number of halogens is 1. The van der Waals surface area contributed by atoms with Gasteiger partial charge in [0.25, 0.3) is 5.91 Å². The molecule has 1 aliphatic rings. The summed E-state index contributed by atoms with van der Waals surface area (Å²) in [4.78, 5) is 31.1. The Labute approximate surface area is 235 Å². The van der Waals surface area contributed by atoms with Crippen molar-refractivity contribution in [2.45, 2.75) is 58.0 Å². The van der Waals surface area contributed by atoms with Gasteiger partial charge in [0.1, 0.15) is 18.1 Å². The topological polar surface area (TPSA) is 72.2 Å². The molecule has 0 saturated heterocycles. The predicted octanol–water partition coefficient (Wildman–Crippen LogP) is 6.31. The van der Waals surface area contributed by atoms with Crippen LogP contribution in [0.1, 0.15) is 59.5 Å². The van der Waals surface area contributed by atoms with Gasteiger partial charge in [-0.25, -0.2) is 0 Å². The van der Waals surface area contributed by atoms with E-state index < -0.39 is 0 Å². The maximum Gasteiger partial charge on any atom is 0.254 e. The highest BCUT2D eigenvalue weighted by Gasteiger charge is 2.30. The normalized spacial score (nSPS) is 13.6. The summed E-state index contributed by atoms with van der Waals surface area (Å²) in [6.45, 7) is 2.68. The van der Waals surface area contributed by atoms with Crippen LogP contribution in [0, 0.1) is 6.92 Å². The highest BCUT2D eigenvalue weighted by molar-refractivity contribution is 6.30. The zero-order valence-electron chi connectivity index (χ0n) is 23.0. The van der Waals surface area contributed by atoms with E-state index >= 15 is 0 Å². The number of aryl methyl sites for hydroxylation is 1. The Morgan fingerprint density at radius 2 is 1.67 bits per heavy atom. The van der Waals surface area contributed by atoms with Crippen LogP contribution in [0.3, 0.4) is 0 Å². The van der Waals surface area contributed by atoms with Gasteiger partial charge in [0.05, 0.1) is 20.8 Å². The number of rotatable bonds is 11. The summed E-state index contributed by atoms with van der Waals surface area (Å²) < 4.78 is 16.6. The first-order valence-electron chi connectivity index (χ1n) is 13.5. The summed E-state index contributed by atoms with van der Waals surface area (Å²) in [5.74, 6) is 2.55. The van der Waals surface area contributed by atoms with Gasteiger partial charge in [-0.15, -0.1) is 0 Å². The smallest absolute Gasteiger partial charge is 0.254 e. The van der Waals surface area contributed by atoms with E-state index in [0.717, 1.165) is 43.4 Å². The van der Waals surface area contributed by atoms with E-state index in [0.29, 0.717) is 47.4 Å². The van der Waals surface area contributed by atoms with Gasteiger partial charge < -0.3 is 23.7 Å². The van der Waals surface area contributed by atoms with Gasteiger partial charge in [-0.1, -0.05) is 36.9 Å². The van der Waals surface area contributed by atoms with Crippen LogP contribution in [0.25, 0.3) is 0 Å². The number of amides is 2. The zero-order chi connectivity index (χ0) is 27.8. The van der Waals surface area contributed by atoms with Crippen molar-refractivity contribution in [1.82, 2.24) is 9.80 Å². The molecule has 2 amide bonds. The minimum Gasteiger partial charge on any atom is -0.493 e. The Hall–Kier alpha value is -3.45. The van der Waals surface area contributed by atoms with Gasteiger partial charge in [0, 0.05) is 23.2 Å². The number of ether oxygens (including phenoxy) is 2. The number of nitrogens with zero attached hydrogens (tertiary/aromatic N) is 2. The molecule has 0 atom stereocenters. The molecule has 4 rings (SSSR count). The molecule has 3 aromatic rings. The fraction of sp³-hybridized carbons (Fsp3) is 0.419. The lowest BCUT2D eigenvalue weighted by Gasteiger charge is -2.35. The number of carbonyl (C=O) groups is 2. The van der Waals surface area contributed by atoms with Crippen molar-refractivity contribution < 1.29 is 23.5 Å². The highest BCUT2D eigenvalue weighted by atomic mass is 35.5. The van der Waals surface area contributed by atoms with Crippen LogP contribution in [-0.2, 0) is 17.8 Å². The summed E-state index contributed by atoms with van der Waals surface area (Å²) in [7, 11) is 3.21. The van der Waals surface area contributed by atoms with Gasteiger partial charge >= 0.3 is 0 Å². The van der Waals surface area contributed by atoms with Crippen LogP contribution in [0.2, 0.25) is 5.02 Å². The number of hydrogen-bond acceptors (Lipinski definition) is 5. The van der Waals surface area contributed by atoms with Gasteiger partial charge in [-0.2, -0.15) is 0 Å². The Balaban J connectivity index is 1.55. The second kappa shape index (κ2) is 13.6. The molecule has 1 aromatic heterocycles. The second-order valence-corrected chi connectivity index (χ2v) is 10.4. The molecule has 1 heterocycles. The van der Waals surface area contributed by atoms with Crippen molar-refractivity contribution in [1.29, 1.82) is 0 Å². The molecule has 1 saturated carbocycles. The predicted molar refractivity (Wildman–Crippen MR) is 151 cm³/mol. The largest absolute Gasteiger partial charge is 0.493 e. The molecule has 208 valence electrons. The van der Waals surface area contributed by atoms with Gasteiger partial charge in [-0.3, -0.25) is 9.59 Å². The molecule has 39 heavy (non-hydrogen) atoms. The average molecular weight is 553 g/mol. The van der Waals surface area contributed by atoms with E-state index in [-0.39, 0.29) is 24.4 Å². The molecule has 0 spiro atoms. The highest BCUT2D eigenvalue weighted by Crippen LogP contribution is 2.28. The van der Waals surface area contributed by atoms with Gasteiger partial charge in [-0.05, 0) is 80.3 Å². The Kier molecular flexibility index (Phi) is 9.93. The van der Waals surface area contributed by atoms with Gasteiger partial charge in [0.15, 0.2) is 11.5 Å². The maximum absolute atomic E-state index is 13.9. The van der Waals surface area contributed by atoms with Crippen molar-refractivity contribution >= 4 is 23.4 Å². The first-order chi connectivity index (χ1) is 18.9. The van der Waals surface area contributed by atoms with Crippen LogP contribution in [-0.4, -0.2) is 55.0 Å². The van der Waals surface area contributed by atoms with E-state index in [1.165, 1.54) is 0 Å². The van der Waals surface area contributed by atoms with Gasteiger partial charge in [0.2, 0.25) is 5.91 Å². The maximum atomic E-state index is 13.9. The number of methoxy groups -OCH3 is 2. The summed E-state index contributed by atoms with van der Waals surface area (Å²) in [6, 6.07) is 16.5. The number of furan rings is 1. The summed E-state index contributed by atoms with van der Waals surface area (Å²) in [6.07, 6.45) is 5.67. The third-order valence-corrected chi connectivity index (χ3v) is 7.54. The molecule has 1 fully saturated rings. The Morgan fingerprint density at radius 1 is 0.949 bits per heavy atom. The molecule has 0 N–H and O–H groups in total. The van der Waals surface area contributed by atoms with Crippen LogP contribution in [0.5, 0.6) is 11.5 Å². The average Bonchev–Trinajstić information content (AvgIpc) is 3.38. The van der Waals surface area contributed by atoms with E-state index in [1.807, 2.05) is 37.3 Å². The third kappa shape index (κ3) is 7.57. The molecule has 0 radical (unpaired) electrons. The molecule has 0 aliphatic heterocycles. The minimum atomic E-state index is -0.138. The third-order valence-electron chi connectivity index (χ3n) is 7.29. The van der Waals surface area contributed by atoms with E-state index in [2.05, 4.69) is 0 Å². The molecular formula is C31H37ClN2O5. The van der Waals surface area contributed by atoms with Crippen molar-refractivity contribution in [3.63, 3.8) is 0 Å². The molecule has 8 heteroatoms. The van der Waals surface area contributed by atoms with Crippen LogP contribution >= 0.6 is 11.6 Å². The number of hydrogen-bond donors (Lipinski definition) is 0. The number of carbonyl (C=O) groups excluding carboxylic acids is 2. The first kappa shape index (κ1) is 28.6. The standard InChI is InChI=1S/C31H37ClN2O5/c1-22-9-15-27(39-22)20-33(18-17-23-10-16-28(37-2)29(19-23)38-3)30(35)21-34(26-7-5-4-6-8-26)31(36)24-11-13-25(32)14-12-24/h9-16,19,26H,4-8,17-18,20-21H2,1-3H3. The lowest BCUT2D eigenvalue weighted by molar-refractivity contribution is -0.133. The SMILES string of the molecule is COc1ccc(CCN(Cc2ccc(C)o2)C(=O)CN(C(=O)c2ccc(Cl)cc2)C2CCCCC2)cc1OC. The summed E-state index contributed by atoms with van der Waals surface area (Å²) >= 11 is 6.06. The zero-order valence-corrected chi connectivity index (χ0v) is 23.7. The number of benzene rings is 2. The minimum absolute atomic E-state index is 0.0117. The Bertz CT molecular complexity index is 1250. The fourth-order valence-electron chi connectivity index (χ4n) is 5.11. The molecule has 1 aliphatic carbocycles. The van der Waals surface area contributed by atoms with Crippen molar-refractivity contribution in [2.24, 2.45) is 0 Å². The quantitative estimate of drug-likeness (QED) is 0.279. The Morgan fingerprint density at radius 3 is 2.31 bits per heavy atom. The monoisotopic (exact) mass is 552 g/mol. The molecule has 0 bridgehead atoms. The van der Waals surface area contributed by atoms with Crippen LogP contribution < -0.4 is 9.47 Å². The van der Waals surface area contributed by atoms with E-state index in [4.69, 9.17) is 25.5 Å². The lowest BCUT2D eigenvalue weighted by atomic mass is 9.93. The van der Waals surface area contributed by atoms with Crippen LogP contribution in [0.15, 0.2) is 59.0 Å². The molecular weight excluding hydrogens is 516 g/mol. The molecule has 7 nitrogen and oxygen atoms in total.